The Labute approximate surface area is 361 Å². The number of benzene rings is 2. The number of imide groups is 1. The SMILES string of the molecule is C.CC(=O)CCl.CC(=O)CN1C(=O)c2ccccc2C1=O.N.O=CO[O-].O=[C-]c1ccccc1[C-]=O.[H-].[K+].[K+].[K+]. The summed E-state index contributed by atoms with van der Waals surface area (Å²) in [4.78, 5) is 76.4. The third kappa shape index (κ3) is 21.2. The normalized spacial score (nSPS) is 9.28. The van der Waals surface area contributed by atoms with Gasteiger partial charge in [0.05, 0.1) is 23.6 Å². The first kappa shape index (κ1) is 52.5. The number of hydrogen-bond acceptors (Lipinski definition) is 10. The van der Waals surface area contributed by atoms with E-state index in [0.717, 1.165) is 4.90 Å². The van der Waals surface area contributed by atoms with Crippen molar-refractivity contribution >= 4 is 54.0 Å². The molecule has 0 spiro atoms. The predicted molar refractivity (Wildman–Crippen MR) is 130 cm³/mol. The first-order chi connectivity index (χ1) is 16.2. The van der Waals surface area contributed by atoms with Crippen LogP contribution in [0.15, 0.2) is 48.5 Å². The Hall–Kier alpha value is 0.849. The van der Waals surface area contributed by atoms with Gasteiger partial charge in [0.25, 0.3) is 18.3 Å². The van der Waals surface area contributed by atoms with Crippen LogP contribution in [0, 0.1) is 0 Å². The van der Waals surface area contributed by atoms with Crippen LogP contribution in [-0.4, -0.2) is 59.8 Å². The molecular weight excluding hydrogens is 613 g/mol. The third-order valence-electron chi connectivity index (χ3n) is 3.63. The van der Waals surface area contributed by atoms with Crippen LogP contribution in [0.3, 0.4) is 0 Å². The minimum atomic E-state index is -0.384. The number of carbonyl (C=O) groups excluding carboxylic acids is 7. The monoisotopic (exact) mass is 639 g/mol. The summed E-state index contributed by atoms with van der Waals surface area (Å²) in [5.41, 5.74) is 1.28. The standard InChI is InChI=1S/C11H9NO3.C8H4O2.C3H5ClO.CH2O3.CH4.3K.H3N.H/c1-7(13)6-12-10(14)8-4-2-3-5-9(8)11(12)15;9-5-7-3-1-2-4-8(7)6-10;1-3(5)2-4;2-1-4-3;;;;;;/h2-5H,6H2,1H3;1-4H;2H2,1H3;1,3H;1H4;;;;1H3;/q;-2;;;;3*+1;;-1/p-1. The van der Waals surface area contributed by atoms with Gasteiger partial charge in [-0.25, -0.2) is 12.1 Å². The number of hydrogen-bond donors (Lipinski definition) is 1. The smallest absolute Gasteiger partial charge is 1.00 e. The topological polar surface area (TPSA) is 190 Å². The summed E-state index contributed by atoms with van der Waals surface area (Å²) in [5.74, 6) is -0.812. The Kier molecular flexibility index (Phi) is 42.8. The molecule has 1 aliphatic rings. The number of halogens is 1. The van der Waals surface area contributed by atoms with E-state index in [0.29, 0.717) is 11.1 Å². The van der Waals surface area contributed by atoms with Crippen LogP contribution < -0.4 is 166 Å². The molecule has 2 aromatic carbocycles. The largest absolute Gasteiger partial charge is 1.00 e. The summed E-state index contributed by atoms with van der Waals surface area (Å²) in [6, 6.07) is 13.0. The fourth-order valence-corrected chi connectivity index (χ4v) is 2.27. The Morgan fingerprint density at radius 2 is 1.21 bits per heavy atom. The maximum absolute atomic E-state index is 11.7. The van der Waals surface area contributed by atoms with Gasteiger partial charge in [0.2, 0.25) is 0 Å². The van der Waals surface area contributed by atoms with Crippen LogP contribution in [0.4, 0.5) is 0 Å². The molecule has 0 unspecified atom stereocenters. The van der Waals surface area contributed by atoms with Crippen molar-refractivity contribution in [3.8, 4) is 0 Å². The van der Waals surface area contributed by atoms with Gasteiger partial charge in [-0.15, -0.1) is 23.7 Å². The Balaban J connectivity index is -0.0000000773. The molecular formula is C24H27ClK3N2O9-. The van der Waals surface area contributed by atoms with E-state index in [1.54, 1.807) is 49.0 Å². The summed E-state index contributed by atoms with van der Waals surface area (Å²) < 4.78 is 0. The van der Waals surface area contributed by atoms with Crippen molar-refractivity contribution in [2.24, 2.45) is 0 Å². The molecule has 0 fully saturated rings. The van der Waals surface area contributed by atoms with E-state index < -0.39 is 0 Å². The van der Waals surface area contributed by atoms with E-state index in [2.05, 4.69) is 4.89 Å². The van der Waals surface area contributed by atoms with Crippen molar-refractivity contribution in [2.75, 3.05) is 12.4 Å². The fraction of sp³-hybridized carbons (Fsp3) is 0.208. The molecule has 0 saturated carbocycles. The van der Waals surface area contributed by atoms with Crippen LogP contribution >= 0.6 is 11.6 Å². The summed E-state index contributed by atoms with van der Waals surface area (Å²) in [5, 5.41) is 8.43. The summed E-state index contributed by atoms with van der Waals surface area (Å²) >= 11 is 4.99. The summed E-state index contributed by atoms with van der Waals surface area (Å²) in [6.07, 6.45) is 3.27. The number of alkyl halides is 1. The second kappa shape index (κ2) is 31.8. The van der Waals surface area contributed by atoms with E-state index >= 15 is 0 Å². The van der Waals surface area contributed by atoms with E-state index in [-0.39, 0.29) is 223 Å². The zero-order valence-corrected chi connectivity index (χ0v) is 31.9. The Bertz CT molecular complexity index is 1000. The number of Topliss-reactive ketones (excluding diaryl/α,β-unsaturated/α-hetero) is 2. The molecule has 3 N–H and O–H groups in total. The number of amides is 2. The van der Waals surface area contributed by atoms with Gasteiger partial charge in [0, 0.05) is 0 Å². The molecule has 2 aromatic rings. The average molecular weight is 640 g/mol. The van der Waals surface area contributed by atoms with E-state index in [1.807, 2.05) is 0 Å². The van der Waals surface area contributed by atoms with Crippen molar-refractivity contribution in [3.63, 3.8) is 0 Å². The maximum atomic E-state index is 11.7. The molecule has 15 heteroatoms. The van der Waals surface area contributed by atoms with Gasteiger partial charge >= 0.3 is 154 Å². The van der Waals surface area contributed by atoms with Crippen LogP contribution in [0.5, 0.6) is 0 Å². The number of rotatable bonds is 6. The van der Waals surface area contributed by atoms with Crippen molar-refractivity contribution in [3.05, 3.63) is 70.8 Å². The average Bonchev–Trinajstić information content (AvgIpc) is 3.09. The van der Waals surface area contributed by atoms with E-state index in [4.69, 9.17) is 21.7 Å². The molecule has 0 bridgehead atoms. The second-order valence-corrected chi connectivity index (χ2v) is 6.49. The molecule has 3 rings (SSSR count). The molecule has 0 atom stereocenters. The van der Waals surface area contributed by atoms with Gasteiger partial charge in [-0.3, -0.25) is 40.0 Å². The van der Waals surface area contributed by atoms with E-state index in [1.165, 1.54) is 26.0 Å². The molecule has 11 nitrogen and oxygen atoms in total. The number of ketones is 2. The fourth-order valence-electron chi connectivity index (χ4n) is 2.27. The number of nitrogens with zero attached hydrogens (tertiary/aromatic N) is 1. The molecule has 1 heterocycles. The summed E-state index contributed by atoms with van der Waals surface area (Å²) in [6.45, 7) is 2.48. The van der Waals surface area contributed by atoms with Gasteiger partial charge in [-0.2, -0.15) is 0 Å². The van der Waals surface area contributed by atoms with Gasteiger partial charge < -0.3 is 27.3 Å². The van der Waals surface area contributed by atoms with Crippen molar-refractivity contribution in [1.82, 2.24) is 11.1 Å². The number of fused-ring (bicyclic) bond motifs is 1. The molecule has 0 aliphatic carbocycles. The molecule has 198 valence electrons. The molecule has 0 radical (unpaired) electrons. The van der Waals surface area contributed by atoms with Gasteiger partial charge in [0.15, 0.2) is 0 Å². The van der Waals surface area contributed by atoms with Crippen LogP contribution in [0.25, 0.3) is 0 Å². The molecule has 2 amide bonds. The van der Waals surface area contributed by atoms with Crippen molar-refractivity contribution in [2.45, 2.75) is 21.3 Å². The van der Waals surface area contributed by atoms with Crippen molar-refractivity contribution in [1.29, 1.82) is 0 Å². The van der Waals surface area contributed by atoms with Crippen LogP contribution in [-0.2, 0) is 28.9 Å². The maximum Gasteiger partial charge on any atom is 1.00 e. The molecule has 39 heavy (non-hydrogen) atoms. The minimum absolute atomic E-state index is 0. The zero-order valence-electron chi connectivity index (χ0n) is 22.8. The Morgan fingerprint density at radius 1 is 0.897 bits per heavy atom. The first-order valence-corrected chi connectivity index (χ1v) is 9.79. The number of carbonyl (C=O) groups is 5. The molecule has 0 aromatic heterocycles. The van der Waals surface area contributed by atoms with E-state index in [9.17, 15) is 28.8 Å². The molecule has 1 aliphatic heterocycles. The third-order valence-corrected chi connectivity index (χ3v) is 4.01. The second-order valence-electron chi connectivity index (χ2n) is 6.22. The van der Waals surface area contributed by atoms with Gasteiger partial charge in [-0.05, 0) is 38.6 Å². The van der Waals surface area contributed by atoms with Crippen LogP contribution in [0.1, 0.15) is 54.5 Å². The van der Waals surface area contributed by atoms with Crippen molar-refractivity contribution < 1.29 is 199 Å². The summed E-state index contributed by atoms with van der Waals surface area (Å²) in [7, 11) is 0. The van der Waals surface area contributed by atoms with Gasteiger partial charge in [0.1, 0.15) is 11.6 Å². The quantitative estimate of drug-likeness (QED) is 0.0604. The predicted octanol–water partition coefficient (Wildman–Crippen LogP) is -7.35. The first-order valence-electron chi connectivity index (χ1n) is 9.26. The zero-order chi connectivity index (χ0) is 26.1. The van der Waals surface area contributed by atoms with Crippen LogP contribution in [0.2, 0.25) is 0 Å². The molecule has 0 saturated heterocycles. The van der Waals surface area contributed by atoms with Gasteiger partial charge in [-0.1, -0.05) is 19.6 Å². The minimum Gasteiger partial charge on any atom is -1.00 e. The Morgan fingerprint density at radius 3 is 1.44 bits per heavy atom.